The number of nitrogens with zero attached hydrogens (tertiary/aromatic N) is 2. The molecule has 0 bridgehead atoms. The van der Waals surface area contributed by atoms with Gasteiger partial charge in [0, 0.05) is 5.70 Å². The van der Waals surface area contributed by atoms with Crippen LogP contribution in [0.4, 0.5) is 10.5 Å². The molecule has 3 atom stereocenters. The molecule has 51 heavy (non-hydrogen) atoms. The van der Waals surface area contributed by atoms with Crippen molar-refractivity contribution < 1.29 is 9.59 Å². The van der Waals surface area contributed by atoms with Crippen molar-refractivity contribution in [2.75, 3.05) is 4.90 Å². The third-order valence-corrected chi connectivity index (χ3v) is 12.0. The first kappa shape index (κ1) is 29.9. The summed E-state index contributed by atoms with van der Waals surface area (Å²) in [6.07, 6.45) is 13.1. The molecule has 1 spiro atoms. The van der Waals surface area contributed by atoms with Crippen molar-refractivity contribution in [3.05, 3.63) is 191 Å². The maximum absolute atomic E-state index is 14.8. The number of carbonyl (C=O) groups is 2. The summed E-state index contributed by atoms with van der Waals surface area (Å²) in [7, 11) is 0. The molecule has 1 aliphatic heterocycles. The standard InChI is InChI=1S/C47H36N2O2/c1-30-32(26-27-41-42(30)44(50)48(31-16-5-3-6-17-31)45(51)49(41)46(2)28-13-4-14-29-46)35-21-15-25-40-43(35)36-20-9-12-24-39(36)47(40)37-22-10-7-18-33(37)34-19-8-11-23-38(34)47/h3-28,30,42H,29H2,1-2H3. The second-order valence-corrected chi connectivity index (χ2v) is 14.6. The molecular weight excluding hydrogens is 625 g/mol. The molecule has 0 radical (unpaired) electrons. The number of fused-ring (bicyclic) bond motifs is 11. The highest BCUT2D eigenvalue weighted by Crippen LogP contribution is 2.64. The van der Waals surface area contributed by atoms with Crippen molar-refractivity contribution in [1.29, 1.82) is 0 Å². The molecule has 5 aromatic carbocycles. The van der Waals surface area contributed by atoms with E-state index >= 15 is 0 Å². The Morgan fingerprint density at radius 2 is 1.22 bits per heavy atom. The van der Waals surface area contributed by atoms with Crippen LogP contribution in [0, 0.1) is 11.8 Å². The number of carbonyl (C=O) groups excluding carboxylic acids is 2. The number of para-hydroxylation sites is 1. The van der Waals surface area contributed by atoms with Gasteiger partial charge in [-0.3, -0.25) is 9.69 Å². The quantitative estimate of drug-likeness (QED) is 0.189. The minimum atomic E-state index is -0.614. The predicted molar refractivity (Wildman–Crippen MR) is 204 cm³/mol. The number of urea groups is 1. The van der Waals surface area contributed by atoms with Crippen LogP contribution in [0.5, 0.6) is 0 Å². The van der Waals surface area contributed by atoms with Crippen molar-refractivity contribution in [3.8, 4) is 22.3 Å². The van der Waals surface area contributed by atoms with Gasteiger partial charge in [0.15, 0.2) is 0 Å². The highest BCUT2D eigenvalue weighted by Gasteiger charge is 2.54. The first-order valence-corrected chi connectivity index (χ1v) is 17.9. The molecule has 4 heteroatoms. The van der Waals surface area contributed by atoms with Crippen molar-refractivity contribution in [3.63, 3.8) is 0 Å². The Labute approximate surface area is 298 Å². The van der Waals surface area contributed by atoms with E-state index in [1.54, 1.807) is 0 Å². The van der Waals surface area contributed by atoms with E-state index in [2.05, 4.69) is 123 Å². The van der Waals surface area contributed by atoms with Gasteiger partial charge in [0.25, 0.3) is 0 Å². The van der Waals surface area contributed by atoms with Crippen LogP contribution in [0.1, 0.15) is 48.1 Å². The van der Waals surface area contributed by atoms with Crippen LogP contribution in [-0.4, -0.2) is 22.4 Å². The predicted octanol–water partition coefficient (Wildman–Crippen LogP) is 10.3. The summed E-state index contributed by atoms with van der Waals surface area (Å²) in [5.74, 6) is -0.938. The molecule has 246 valence electrons. The second-order valence-electron chi connectivity index (χ2n) is 14.6. The first-order valence-electron chi connectivity index (χ1n) is 17.9. The lowest BCUT2D eigenvalue weighted by atomic mass is 9.70. The third-order valence-electron chi connectivity index (χ3n) is 12.0. The molecule has 3 unspecified atom stereocenters. The number of anilines is 1. The van der Waals surface area contributed by atoms with E-state index in [4.69, 9.17) is 0 Å². The molecule has 5 aromatic rings. The molecule has 0 saturated carbocycles. The Bertz CT molecular complexity index is 2400. The van der Waals surface area contributed by atoms with Gasteiger partial charge < -0.3 is 0 Å². The van der Waals surface area contributed by atoms with Gasteiger partial charge in [0.2, 0.25) is 5.91 Å². The van der Waals surface area contributed by atoms with Crippen LogP contribution in [0.15, 0.2) is 163 Å². The number of rotatable bonds is 3. The van der Waals surface area contributed by atoms with Crippen molar-refractivity contribution in [2.24, 2.45) is 11.8 Å². The normalized spacial score (nSPS) is 23.3. The average Bonchev–Trinajstić information content (AvgIpc) is 3.63. The molecule has 4 nitrogen and oxygen atoms in total. The van der Waals surface area contributed by atoms with E-state index in [1.165, 1.54) is 49.4 Å². The van der Waals surface area contributed by atoms with Crippen molar-refractivity contribution >= 4 is 23.2 Å². The van der Waals surface area contributed by atoms with E-state index in [0.29, 0.717) is 12.1 Å². The van der Waals surface area contributed by atoms with Gasteiger partial charge in [0.1, 0.15) is 0 Å². The maximum atomic E-state index is 14.8. The summed E-state index contributed by atoms with van der Waals surface area (Å²) in [6.45, 7) is 4.25. The number of hydrogen-bond donors (Lipinski definition) is 0. The van der Waals surface area contributed by atoms with Crippen LogP contribution in [-0.2, 0) is 10.2 Å². The Hall–Kier alpha value is -6.00. The topological polar surface area (TPSA) is 40.6 Å². The zero-order valence-electron chi connectivity index (χ0n) is 28.6. The Kier molecular flexibility index (Phi) is 6.30. The van der Waals surface area contributed by atoms with Crippen LogP contribution in [0.3, 0.4) is 0 Å². The summed E-state index contributed by atoms with van der Waals surface area (Å²) in [5, 5.41) is 0. The number of imide groups is 1. The van der Waals surface area contributed by atoms with E-state index in [0.717, 1.165) is 16.8 Å². The molecule has 1 saturated heterocycles. The average molecular weight is 661 g/mol. The molecular formula is C47H36N2O2. The first-order chi connectivity index (χ1) is 24.9. The van der Waals surface area contributed by atoms with Crippen molar-refractivity contribution in [2.45, 2.75) is 31.2 Å². The van der Waals surface area contributed by atoms with E-state index in [-0.39, 0.29) is 17.9 Å². The molecule has 0 N–H and O–H groups in total. The van der Waals surface area contributed by atoms with Crippen molar-refractivity contribution in [1.82, 2.24) is 4.90 Å². The SMILES string of the molecule is CC1C(c2cccc3c2-c2ccccc2C32c3ccccc3-c3ccccc32)=CC=C2C1C(=O)N(c1ccccc1)C(=O)N2C1(C)C=CC=CC1. The summed E-state index contributed by atoms with van der Waals surface area (Å²) in [6, 6.07) is 42.3. The molecule has 0 aromatic heterocycles. The van der Waals surface area contributed by atoms with Gasteiger partial charge in [-0.2, -0.15) is 0 Å². The molecule has 10 rings (SSSR count). The summed E-state index contributed by atoms with van der Waals surface area (Å²) < 4.78 is 0. The van der Waals surface area contributed by atoms with Crippen LogP contribution in [0.25, 0.3) is 27.8 Å². The summed E-state index contributed by atoms with van der Waals surface area (Å²) in [5.41, 5.74) is 12.7. The lowest BCUT2D eigenvalue weighted by Crippen LogP contribution is -2.63. The highest BCUT2D eigenvalue weighted by molar-refractivity contribution is 6.19. The Balaban J connectivity index is 1.19. The van der Waals surface area contributed by atoms with Gasteiger partial charge in [-0.05, 0) is 93.1 Å². The smallest absolute Gasteiger partial charge is 0.287 e. The zero-order chi connectivity index (χ0) is 34.5. The van der Waals surface area contributed by atoms with Gasteiger partial charge in [-0.1, -0.05) is 146 Å². The van der Waals surface area contributed by atoms with Gasteiger partial charge >= 0.3 is 6.03 Å². The molecule has 1 fully saturated rings. The minimum absolute atomic E-state index is 0.186. The molecule has 1 heterocycles. The number of benzene rings is 5. The maximum Gasteiger partial charge on any atom is 0.336 e. The number of allylic oxidation sites excluding steroid dienone is 5. The fourth-order valence-electron chi connectivity index (χ4n) is 9.79. The Morgan fingerprint density at radius 1 is 0.627 bits per heavy atom. The number of hydrogen-bond acceptors (Lipinski definition) is 2. The highest BCUT2D eigenvalue weighted by atomic mass is 16.2. The lowest BCUT2D eigenvalue weighted by molar-refractivity contribution is -0.123. The summed E-state index contributed by atoms with van der Waals surface area (Å²) in [4.78, 5) is 32.6. The fourth-order valence-corrected chi connectivity index (χ4v) is 9.79. The van der Waals surface area contributed by atoms with E-state index < -0.39 is 16.9 Å². The van der Waals surface area contributed by atoms with Gasteiger partial charge in [0.05, 0.1) is 22.6 Å². The van der Waals surface area contributed by atoms with Crippen LogP contribution >= 0.6 is 0 Å². The minimum Gasteiger partial charge on any atom is -0.287 e. The second kappa shape index (κ2) is 10.7. The molecule has 3 amide bonds. The van der Waals surface area contributed by atoms with E-state index in [1.807, 2.05) is 53.5 Å². The monoisotopic (exact) mass is 660 g/mol. The van der Waals surface area contributed by atoms with Gasteiger partial charge in [-0.25, -0.2) is 9.69 Å². The zero-order valence-corrected chi connectivity index (χ0v) is 28.6. The molecule has 5 aliphatic rings. The Morgan fingerprint density at radius 3 is 1.88 bits per heavy atom. The lowest BCUT2D eigenvalue weighted by Gasteiger charge is -2.50. The van der Waals surface area contributed by atoms with Crippen LogP contribution < -0.4 is 4.90 Å². The fraction of sp³-hybridized carbons (Fsp3) is 0.149. The van der Waals surface area contributed by atoms with E-state index in [9.17, 15) is 9.59 Å². The summed E-state index contributed by atoms with van der Waals surface area (Å²) >= 11 is 0. The molecule has 4 aliphatic carbocycles. The third kappa shape index (κ3) is 3.85. The van der Waals surface area contributed by atoms with Gasteiger partial charge in [-0.15, -0.1) is 0 Å². The largest absolute Gasteiger partial charge is 0.336 e. The van der Waals surface area contributed by atoms with Crippen LogP contribution in [0.2, 0.25) is 0 Å². The number of amides is 3.